The summed E-state index contributed by atoms with van der Waals surface area (Å²) in [5, 5.41) is 20.4. The maximum atomic E-state index is 12.2. The van der Waals surface area contributed by atoms with Crippen LogP contribution in [0.2, 0.25) is 10.0 Å². The number of carbonyl (C=O) groups excluding carboxylic acids is 1. The van der Waals surface area contributed by atoms with Gasteiger partial charge in [-0.05, 0) is 17.7 Å². The van der Waals surface area contributed by atoms with E-state index in [-0.39, 0.29) is 17.2 Å². The number of aryl methyl sites for hydroxylation is 1. The maximum Gasteiger partial charge on any atom is 0.339 e. The minimum Gasteiger partial charge on any atom is -0.478 e. The Bertz CT molecular complexity index is 997. The summed E-state index contributed by atoms with van der Waals surface area (Å²) in [6, 6.07) is 5.17. The highest BCUT2D eigenvalue weighted by atomic mass is 35.5. The lowest BCUT2D eigenvalue weighted by atomic mass is 10.2. The number of nitrogens with one attached hydrogen (secondary N) is 1. The molecule has 0 saturated carbocycles. The van der Waals surface area contributed by atoms with Gasteiger partial charge in [-0.1, -0.05) is 29.3 Å². The molecule has 0 aliphatic heterocycles. The molecule has 0 fully saturated rings. The van der Waals surface area contributed by atoms with Crippen molar-refractivity contribution in [2.45, 2.75) is 6.54 Å². The molecule has 0 saturated heterocycles. The summed E-state index contributed by atoms with van der Waals surface area (Å²) in [4.78, 5) is 27.4. The predicted molar refractivity (Wildman–Crippen MR) is 93.7 cm³/mol. The van der Waals surface area contributed by atoms with E-state index in [1.54, 1.807) is 18.2 Å². The van der Waals surface area contributed by atoms with E-state index < -0.39 is 11.9 Å². The molecule has 0 bridgehead atoms. The molecule has 2 heterocycles. The Balaban J connectivity index is 1.73. The molecule has 3 rings (SSSR count). The summed E-state index contributed by atoms with van der Waals surface area (Å²) in [6.07, 6.45) is 2.67. The molecule has 0 atom stereocenters. The molecule has 0 radical (unpaired) electrons. The van der Waals surface area contributed by atoms with Crippen LogP contribution in [0.25, 0.3) is 0 Å². The van der Waals surface area contributed by atoms with Gasteiger partial charge < -0.3 is 5.11 Å². The highest BCUT2D eigenvalue weighted by Crippen LogP contribution is 2.23. The molecular weight excluding hydrogens is 383 g/mol. The summed E-state index contributed by atoms with van der Waals surface area (Å²) >= 11 is 11.8. The van der Waals surface area contributed by atoms with Crippen LogP contribution in [0.4, 0.5) is 5.95 Å². The number of aromatic nitrogens is 5. The van der Waals surface area contributed by atoms with Crippen molar-refractivity contribution < 1.29 is 14.7 Å². The van der Waals surface area contributed by atoms with E-state index in [0.29, 0.717) is 16.6 Å². The van der Waals surface area contributed by atoms with Crippen LogP contribution in [0.3, 0.4) is 0 Å². The van der Waals surface area contributed by atoms with Crippen molar-refractivity contribution in [3.63, 3.8) is 0 Å². The summed E-state index contributed by atoms with van der Waals surface area (Å²) < 4.78 is 2.74. The minimum absolute atomic E-state index is 0.0250. The SMILES string of the molecule is Cn1cc(C(=O)O)c(C(=O)Nc2ncn(Cc3ccc(Cl)c(Cl)c3)n2)n1. The van der Waals surface area contributed by atoms with Gasteiger partial charge in [0, 0.05) is 13.2 Å². The molecule has 26 heavy (non-hydrogen) atoms. The van der Waals surface area contributed by atoms with Gasteiger partial charge in [-0.25, -0.2) is 14.5 Å². The zero-order chi connectivity index (χ0) is 18.8. The molecule has 3 aromatic rings. The summed E-state index contributed by atoms with van der Waals surface area (Å²) in [5.74, 6) is -1.94. The Morgan fingerprint density at radius 2 is 2.00 bits per heavy atom. The first-order valence-corrected chi connectivity index (χ1v) is 8.00. The van der Waals surface area contributed by atoms with E-state index in [1.165, 1.54) is 28.9 Å². The highest BCUT2D eigenvalue weighted by molar-refractivity contribution is 6.42. The molecule has 0 unspecified atom stereocenters. The van der Waals surface area contributed by atoms with E-state index in [9.17, 15) is 9.59 Å². The van der Waals surface area contributed by atoms with Gasteiger partial charge in [0.1, 0.15) is 11.9 Å². The molecule has 1 aromatic carbocycles. The van der Waals surface area contributed by atoms with Crippen LogP contribution in [-0.2, 0) is 13.6 Å². The van der Waals surface area contributed by atoms with E-state index >= 15 is 0 Å². The number of rotatable bonds is 5. The van der Waals surface area contributed by atoms with Crippen LogP contribution >= 0.6 is 23.2 Å². The zero-order valence-corrected chi connectivity index (χ0v) is 14.9. The van der Waals surface area contributed by atoms with Crippen LogP contribution in [0.5, 0.6) is 0 Å². The monoisotopic (exact) mass is 394 g/mol. The van der Waals surface area contributed by atoms with Crippen molar-refractivity contribution in [1.29, 1.82) is 0 Å². The lowest BCUT2D eigenvalue weighted by molar-refractivity contribution is 0.0692. The largest absolute Gasteiger partial charge is 0.478 e. The summed E-state index contributed by atoms with van der Waals surface area (Å²) in [6.45, 7) is 0.365. The predicted octanol–water partition coefficient (Wildman–Crippen LogP) is 2.32. The van der Waals surface area contributed by atoms with Gasteiger partial charge in [0.25, 0.3) is 5.91 Å². The number of amides is 1. The molecule has 1 amide bonds. The fraction of sp³-hybridized carbons (Fsp3) is 0.133. The first-order valence-electron chi connectivity index (χ1n) is 7.25. The van der Waals surface area contributed by atoms with E-state index in [1.807, 2.05) is 0 Å². The number of halogens is 2. The number of carboxylic acids is 1. The first kappa shape index (κ1) is 17.9. The molecule has 2 N–H and O–H groups in total. The van der Waals surface area contributed by atoms with Crippen molar-refractivity contribution in [2.75, 3.05) is 5.32 Å². The van der Waals surface area contributed by atoms with E-state index in [2.05, 4.69) is 20.5 Å². The highest BCUT2D eigenvalue weighted by Gasteiger charge is 2.22. The Morgan fingerprint density at radius 1 is 1.23 bits per heavy atom. The summed E-state index contributed by atoms with van der Waals surface area (Å²) in [7, 11) is 1.52. The number of nitrogens with zero attached hydrogens (tertiary/aromatic N) is 5. The number of hydrogen-bond acceptors (Lipinski definition) is 5. The Labute approximate surface area is 157 Å². The third-order valence-electron chi connectivity index (χ3n) is 3.36. The smallest absolute Gasteiger partial charge is 0.339 e. The van der Waals surface area contributed by atoms with Crippen molar-refractivity contribution >= 4 is 41.0 Å². The molecule has 2 aromatic heterocycles. The van der Waals surface area contributed by atoms with Crippen LogP contribution in [0.15, 0.2) is 30.7 Å². The fourth-order valence-corrected chi connectivity index (χ4v) is 2.55. The molecule has 134 valence electrons. The quantitative estimate of drug-likeness (QED) is 0.685. The average molecular weight is 395 g/mol. The summed E-state index contributed by atoms with van der Waals surface area (Å²) in [5.41, 5.74) is 0.418. The van der Waals surface area contributed by atoms with Gasteiger partial charge in [-0.2, -0.15) is 5.10 Å². The number of carboxylic acid groups (broad SMARTS) is 1. The van der Waals surface area contributed by atoms with E-state index in [4.69, 9.17) is 28.3 Å². The number of carbonyl (C=O) groups is 2. The van der Waals surface area contributed by atoms with Gasteiger partial charge in [0.05, 0.1) is 16.6 Å². The molecule has 0 aliphatic rings. The van der Waals surface area contributed by atoms with Gasteiger partial charge in [0.15, 0.2) is 5.69 Å². The average Bonchev–Trinajstić information content (AvgIpc) is 3.17. The second-order valence-corrected chi connectivity index (χ2v) is 6.15. The molecular formula is C15H12Cl2N6O3. The van der Waals surface area contributed by atoms with Gasteiger partial charge >= 0.3 is 5.97 Å². The molecule has 0 aliphatic carbocycles. The van der Waals surface area contributed by atoms with Gasteiger partial charge in [-0.3, -0.25) is 14.8 Å². The number of hydrogen-bond donors (Lipinski definition) is 2. The standard InChI is InChI=1S/C15H12Cl2N6O3/c1-22-6-9(14(25)26)12(20-22)13(24)19-15-18-7-23(21-15)5-8-2-3-10(16)11(17)4-8/h2-4,6-7H,5H2,1H3,(H,25,26)(H,19,21,24). The number of benzene rings is 1. The fourth-order valence-electron chi connectivity index (χ4n) is 2.23. The third-order valence-corrected chi connectivity index (χ3v) is 4.10. The van der Waals surface area contributed by atoms with Crippen LogP contribution in [0.1, 0.15) is 26.4 Å². The number of anilines is 1. The minimum atomic E-state index is -1.25. The van der Waals surface area contributed by atoms with Crippen molar-refractivity contribution in [2.24, 2.45) is 7.05 Å². The second kappa shape index (κ2) is 7.14. The van der Waals surface area contributed by atoms with Gasteiger partial charge in [-0.15, -0.1) is 5.10 Å². The second-order valence-electron chi connectivity index (χ2n) is 5.34. The lowest BCUT2D eigenvalue weighted by Gasteiger charge is -2.03. The van der Waals surface area contributed by atoms with Crippen LogP contribution < -0.4 is 5.32 Å². The molecule has 11 heteroatoms. The van der Waals surface area contributed by atoms with Crippen molar-refractivity contribution in [3.8, 4) is 0 Å². The lowest BCUT2D eigenvalue weighted by Crippen LogP contribution is -2.17. The van der Waals surface area contributed by atoms with Crippen LogP contribution in [-0.4, -0.2) is 41.5 Å². The van der Waals surface area contributed by atoms with E-state index in [0.717, 1.165) is 5.56 Å². The Hall–Kier alpha value is -2.91. The Kier molecular flexibility index (Phi) is 4.92. The van der Waals surface area contributed by atoms with Crippen molar-refractivity contribution in [1.82, 2.24) is 24.5 Å². The topological polar surface area (TPSA) is 115 Å². The number of aromatic carboxylic acids is 1. The third kappa shape index (κ3) is 3.84. The van der Waals surface area contributed by atoms with Crippen LogP contribution in [0, 0.1) is 0 Å². The van der Waals surface area contributed by atoms with Gasteiger partial charge in [0.2, 0.25) is 5.95 Å². The normalized spacial score (nSPS) is 10.7. The molecule has 9 nitrogen and oxygen atoms in total. The first-order chi connectivity index (χ1) is 12.3. The maximum absolute atomic E-state index is 12.2. The van der Waals surface area contributed by atoms with Crippen molar-refractivity contribution in [3.05, 3.63) is 57.6 Å². The Morgan fingerprint density at radius 3 is 2.69 bits per heavy atom. The zero-order valence-electron chi connectivity index (χ0n) is 13.3. The molecule has 0 spiro atoms.